The second kappa shape index (κ2) is 9.17. The highest BCUT2D eigenvalue weighted by atomic mass is 35.5. The first kappa shape index (κ1) is 20.2. The van der Waals surface area contributed by atoms with Gasteiger partial charge in [0.2, 0.25) is 0 Å². The van der Waals surface area contributed by atoms with E-state index in [9.17, 15) is 4.79 Å². The normalized spacial score (nSPS) is 13.3. The first-order chi connectivity index (χ1) is 14.6. The lowest BCUT2D eigenvalue weighted by atomic mass is 10.2. The Kier molecular flexibility index (Phi) is 6.18. The zero-order valence-electron chi connectivity index (χ0n) is 16.8. The number of hydrogen-bond acceptors (Lipinski definition) is 4. The minimum absolute atomic E-state index is 0.250. The number of hydrogen-bond donors (Lipinski definition) is 1. The fraction of sp³-hybridized carbons (Fsp3) is 0.318. The molecule has 0 bridgehead atoms. The molecule has 2 heterocycles. The fourth-order valence-corrected chi connectivity index (χ4v) is 3.73. The standard InChI is InChI=1S/C22H24ClN5O2/c1-30-19-10-6-9-18(14-19)27(22(29)24-17-8-5-7-16(23)13-17)15-20-25-21-11-3-2-4-12-28(21)26-20/h5-10,13-14H,2-4,11-12,15H2,1H3,(H,24,29). The Hall–Kier alpha value is -3.06. The molecule has 0 aliphatic carbocycles. The molecule has 3 aromatic rings. The minimum atomic E-state index is -0.296. The molecule has 4 rings (SSSR count). The van der Waals surface area contributed by atoms with Crippen LogP contribution < -0.4 is 15.0 Å². The number of aromatic nitrogens is 3. The maximum Gasteiger partial charge on any atom is 0.326 e. The Morgan fingerprint density at radius 3 is 2.90 bits per heavy atom. The Morgan fingerprint density at radius 2 is 2.07 bits per heavy atom. The molecule has 7 nitrogen and oxygen atoms in total. The van der Waals surface area contributed by atoms with Gasteiger partial charge in [-0.1, -0.05) is 30.2 Å². The van der Waals surface area contributed by atoms with Crippen LogP contribution in [0, 0.1) is 0 Å². The van der Waals surface area contributed by atoms with Crippen LogP contribution in [0.25, 0.3) is 0 Å². The van der Waals surface area contributed by atoms with E-state index in [1.807, 2.05) is 28.9 Å². The largest absolute Gasteiger partial charge is 0.497 e. The number of fused-ring (bicyclic) bond motifs is 1. The van der Waals surface area contributed by atoms with Crippen molar-refractivity contribution in [3.8, 4) is 5.75 Å². The van der Waals surface area contributed by atoms with Crippen molar-refractivity contribution >= 4 is 29.0 Å². The van der Waals surface area contributed by atoms with E-state index in [-0.39, 0.29) is 12.6 Å². The number of methoxy groups -OCH3 is 1. The molecule has 2 aromatic carbocycles. The monoisotopic (exact) mass is 425 g/mol. The van der Waals surface area contributed by atoms with Gasteiger partial charge in [-0.3, -0.25) is 4.90 Å². The number of rotatable bonds is 5. The van der Waals surface area contributed by atoms with Gasteiger partial charge in [-0.2, -0.15) is 5.10 Å². The van der Waals surface area contributed by atoms with Gasteiger partial charge in [0.1, 0.15) is 11.6 Å². The van der Waals surface area contributed by atoms with Crippen LogP contribution in [0.2, 0.25) is 5.02 Å². The van der Waals surface area contributed by atoms with Gasteiger partial charge in [-0.05, 0) is 43.2 Å². The van der Waals surface area contributed by atoms with Crippen molar-refractivity contribution in [2.24, 2.45) is 0 Å². The van der Waals surface area contributed by atoms with Gasteiger partial charge < -0.3 is 10.1 Å². The predicted molar refractivity (Wildman–Crippen MR) is 117 cm³/mol. The number of amides is 2. The molecule has 0 saturated heterocycles. The van der Waals surface area contributed by atoms with Crippen LogP contribution >= 0.6 is 11.6 Å². The summed E-state index contributed by atoms with van der Waals surface area (Å²) < 4.78 is 7.31. The second-order valence-corrected chi connectivity index (χ2v) is 7.64. The molecule has 1 aliphatic heterocycles. The van der Waals surface area contributed by atoms with Gasteiger partial charge in [0, 0.05) is 35.4 Å². The highest BCUT2D eigenvalue weighted by molar-refractivity contribution is 6.30. The summed E-state index contributed by atoms with van der Waals surface area (Å²) in [6.07, 6.45) is 4.33. The number of anilines is 2. The maximum atomic E-state index is 13.2. The maximum absolute atomic E-state index is 13.2. The lowest BCUT2D eigenvalue weighted by Crippen LogP contribution is -2.35. The van der Waals surface area contributed by atoms with Crippen LogP contribution in [0.15, 0.2) is 48.5 Å². The number of urea groups is 1. The molecule has 8 heteroatoms. The molecule has 30 heavy (non-hydrogen) atoms. The predicted octanol–water partition coefficient (Wildman–Crippen LogP) is 4.91. The first-order valence-corrected chi connectivity index (χ1v) is 10.4. The summed E-state index contributed by atoms with van der Waals surface area (Å²) in [4.78, 5) is 19.5. The van der Waals surface area contributed by atoms with Crippen molar-refractivity contribution in [3.63, 3.8) is 0 Å². The van der Waals surface area contributed by atoms with Crippen molar-refractivity contribution in [3.05, 3.63) is 65.2 Å². The fourth-order valence-electron chi connectivity index (χ4n) is 3.54. The van der Waals surface area contributed by atoms with Gasteiger partial charge in [-0.15, -0.1) is 0 Å². The Bertz CT molecular complexity index is 1010. The quantitative estimate of drug-likeness (QED) is 0.630. The van der Waals surface area contributed by atoms with E-state index in [2.05, 4.69) is 10.4 Å². The van der Waals surface area contributed by atoms with Crippen LogP contribution in [-0.2, 0) is 19.5 Å². The highest BCUT2D eigenvalue weighted by Crippen LogP contribution is 2.24. The Labute approximate surface area is 180 Å². The topological polar surface area (TPSA) is 72.3 Å². The van der Waals surface area contributed by atoms with Gasteiger partial charge in [0.15, 0.2) is 5.82 Å². The number of nitrogens with one attached hydrogen (secondary N) is 1. The third-order valence-electron chi connectivity index (χ3n) is 5.05. The lowest BCUT2D eigenvalue weighted by molar-refractivity contribution is 0.256. The van der Waals surface area contributed by atoms with E-state index in [1.54, 1.807) is 36.3 Å². The summed E-state index contributed by atoms with van der Waals surface area (Å²) >= 11 is 6.06. The smallest absolute Gasteiger partial charge is 0.326 e. The average molecular weight is 426 g/mol. The number of carbonyl (C=O) groups excluding carboxylic acids is 1. The molecule has 0 spiro atoms. The number of benzene rings is 2. The van der Waals surface area contributed by atoms with Crippen molar-refractivity contribution in [1.29, 1.82) is 0 Å². The second-order valence-electron chi connectivity index (χ2n) is 7.21. The number of carbonyl (C=O) groups is 1. The van der Waals surface area contributed by atoms with E-state index < -0.39 is 0 Å². The number of ether oxygens (including phenoxy) is 1. The molecular formula is C22H24ClN5O2. The lowest BCUT2D eigenvalue weighted by Gasteiger charge is -2.22. The number of nitrogens with zero attached hydrogens (tertiary/aromatic N) is 4. The molecule has 0 saturated carbocycles. The summed E-state index contributed by atoms with van der Waals surface area (Å²) in [5, 5.41) is 8.12. The third-order valence-corrected chi connectivity index (χ3v) is 5.28. The first-order valence-electron chi connectivity index (χ1n) is 10.0. The van der Waals surface area contributed by atoms with E-state index in [0.717, 1.165) is 31.6 Å². The van der Waals surface area contributed by atoms with Crippen molar-refractivity contribution < 1.29 is 9.53 Å². The number of halogens is 1. The molecule has 1 aromatic heterocycles. The summed E-state index contributed by atoms with van der Waals surface area (Å²) in [5.41, 5.74) is 1.31. The highest BCUT2D eigenvalue weighted by Gasteiger charge is 2.21. The Morgan fingerprint density at radius 1 is 1.20 bits per heavy atom. The zero-order chi connectivity index (χ0) is 20.9. The molecule has 1 N–H and O–H groups in total. The van der Waals surface area contributed by atoms with Crippen LogP contribution in [0.1, 0.15) is 30.9 Å². The molecule has 156 valence electrons. The minimum Gasteiger partial charge on any atom is -0.497 e. The van der Waals surface area contributed by atoms with E-state index in [1.165, 1.54) is 6.42 Å². The molecule has 1 aliphatic rings. The van der Waals surface area contributed by atoms with Crippen LogP contribution in [0.3, 0.4) is 0 Å². The van der Waals surface area contributed by atoms with E-state index in [0.29, 0.717) is 28.0 Å². The van der Waals surface area contributed by atoms with Crippen LogP contribution in [0.5, 0.6) is 5.75 Å². The molecule has 0 fully saturated rings. The molecule has 0 unspecified atom stereocenters. The summed E-state index contributed by atoms with van der Waals surface area (Å²) in [5.74, 6) is 2.28. The Balaban J connectivity index is 1.62. The summed E-state index contributed by atoms with van der Waals surface area (Å²) in [6.45, 7) is 1.12. The molecule has 0 radical (unpaired) electrons. The van der Waals surface area contributed by atoms with Crippen molar-refractivity contribution in [2.75, 3.05) is 17.3 Å². The van der Waals surface area contributed by atoms with E-state index in [4.69, 9.17) is 21.3 Å². The molecular weight excluding hydrogens is 402 g/mol. The van der Waals surface area contributed by atoms with Gasteiger partial charge >= 0.3 is 6.03 Å². The third kappa shape index (κ3) is 4.74. The number of aryl methyl sites for hydroxylation is 2. The molecule has 0 atom stereocenters. The van der Waals surface area contributed by atoms with E-state index >= 15 is 0 Å². The van der Waals surface area contributed by atoms with Crippen molar-refractivity contribution in [1.82, 2.24) is 14.8 Å². The zero-order valence-corrected chi connectivity index (χ0v) is 17.6. The van der Waals surface area contributed by atoms with Gasteiger partial charge in [-0.25, -0.2) is 14.5 Å². The van der Waals surface area contributed by atoms with Crippen LogP contribution in [0.4, 0.5) is 16.2 Å². The molecule has 2 amide bonds. The average Bonchev–Trinajstić information content (AvgIpc) is 3.00. The van der Waals surface area contributed by atoms with Gasteiger partial charge in [0.25, 0.3) is 0 Å². The van der Waals surface area contributed by atoms with Crippen molar-refractivity contribution in [2.45, 2.75) is 38.8 Å². The summed E-state index contributed by atoms with van der Waals surface area (Å²) in [7, 11) is 1.60. The van der Waals surface area contributed by atoms with Crippen LogP contribution in [-0.4, -0.2) is 27.9 Å². The summed E-state index contributed by atoms with van der Waals surface area (Å²) in [6, 6.07) is 14.1. The van der Waals surface area contributed by atoms with Gasteiger partial charge in [0.05, 0.1) is 13.7 Å². The SMILES string of the molecule is COc1cccc(N(Cc2nc3n(n2)CCCCC3)C(=O)Nc2cccc(Cl)c2)c1.